The number of fused-ring (bicyclic) bond motifs is 3. The van der Waals surface area contributed by atoms with Gasteiger partial charge in [-0.25, -0.2) is 0 Å². The maximum Gasteiger partial charge on any atom is 0.0541 e. The summed E-state index contributed by atoms with van der Waals surface area (Å²) in [4.78, 5) is 12.9. The molecule has 7 aromatic rings. The Morgan fingerprint density at radius 2 is 0.838 bits per heavy atom. The van der Waals surface area contributed by atoms with Crippen LogP contribution in [0, 0.1) is 0 Å². The normalized spacial score (nSPS) is 11.2. The molecular weight excluding hydrogens is 452 g/mol. The number of aromatic nitrogens is 4. The lowest BCUT2D eigenvalue weighted by Crippen LogP contribution is -1.94. The lowest BCUT2D eigenvalue weighted by Gasteiger charge is -2.10. The summed E-state index contributed by atoms with van der Waals surface area (Å²) in [5, 5.41) is 2.41. The maximum atomic E-state index is 4.33. The Hall–Kier alpha value is -5.09. The van der Waals surface area contributed by atoms with Gasteiger partial charge in [-0.15, -0.1) is 0 Å². The summed E-state index contributed by atoms with van der Waals surface area (Å²) in [5.74, 6) is 0. The Morgan fingerprint density at radius 1 is 0.405 bits per heavy atom. The lowest BCUT2D eigenvalue weighted by atomic mass is 10.0. The Labute approximate surface area is 214 Å². The Bertz CT molecular complexity index is 1740. The Balaban J connectivity index is 1.45. The van der Waals surface area contributed by atoms with Crippen LogP contribution in [-0.4, -0.2) is 19.5 Å². The molecule has 0 radical (unpaired) electrons. The van der Waals surface area contributed by atoms with Crippen LogP contribution in [0.5, 0.6) is 0 Å². The summed E-state index contributed by atoms with van der Waals surface area (Å²) in [6, 6.07) is 34.3. The molecule has 0 aliphatic heterocycles. The van der Waals surface area contributed by atoms with Crippen LogP contribution < -0.4 is 0 Å². The monoisotopic (exact) mass is 474 g/mol. The first-order chi connectivity index (χ1) is 18.3. The smallest absolute Gasteiger partial charge is 0.0541 e. The van der Waals surface area contributed by atoms with Crippen LogP contribution in [-0.2, 0) is 0 Å². The van der Waals surface area contributed by atoms with E-state index >= 15 is 0 Å². The van der Waals surface area contributed by atoms with Gasteiger partial charge in [-0.2, -0.15) is 0 Å². The lowest BCUT2D eigenvalue weighted by molar-refractivity contribution is 1.18. The molecule has 0 unspecified atom stereocenters. The molecule has 4 heterocycles. The minimum atomic E-state index is 1.11. The van der Waals surface area contributed by atoms with E-state index in [1.54, 1.807) is 6.20 Å². The number of benzene rings is 3. The van der Waals surface area contributed by atoms with E-state index in [1.807, 2.05) is 49.2 Å². The summed E-state index contributed by atoms with van der Waals surface area (Å²) in [6.07, 6.45) is 11.1. The zero-order valence-electron chi connectivity index (χ0n) is 20.0. The highest BCUT2D eigenvalue weighted by atomic mass is 15.0. The van der Waals surface area contributed by atoms with Crippen molar-refractivity contribution in [2.75, 3.05) is 0 Å². The molecule has 174 valence electrons. The van der Waals surface area contributed by atoms with Gasteiger partial charge in [0, 0.05) is 64.8 Å². The van der Waals surface area contributed by atoms with Crippen LogP contribution in [0.1, 0.15) is 0 Å². The van der Waals surface area contributed by atoms with E-state index < -0.39 is 0 Å². The summed E-state index contributed by atoms with van der Waals surface area (Å²) in [6.45, 7) is 0. The molecule has 4 heteroatoms. The molecule has 0 saturated heterocycles. The Morgan fingerprint density at radius 3 is 1.27 bits per heavy atom. The van der Waals surface area contributed by atoms with E-state index in [0.29, 0.717) is 0 Å². The molecule has 7 rings (SSSR count). The van der Waals surface area contributed by atoms with E-state index in [9.17, 15) is 0 Å². The van der Waals surface area contributed by atoms with Crippen molar-refractivity contribution in [3.63, 3.8) is 0 Å². The molecule has 4 nitrogen and oxygen atoms in total. The zero-order valence-corrected chi connectivity index (χ0v) is 20.0. The number of rotatable bonds is 4. The first-order valence-corrected chi connectivity index (χ1v) is 12.2. The van der Waals surface area contributed by atoms with E-state index in [2.05, 4.69) is 98.4 Å². The maximum absolute atomic E-state index is 4.33. The van der Waals surface area contributed by atoms with Gasteiger partial charge in [0.1, 0.15) is 0 Å². The minimum absolute atomic E-state index is 1.11. The number of nitrogens with zero attached hydrogens (tertiary/aromatic N) is 4. The standard InChI is InChI=1S/C33H22N4/c1-4-26(20-34-15-1)23-7-11-29(12-8-23)37-32-13-9-24(27-5-2-16-35-21-27)18-30(32)31-19-25(10-14-33(31)37)28-6-3-17-36-22-28/h1-22H. The van der Waals surface area contributed by atoms with Crippen LogP contribution >= 0.6 is 0 Å². The van der Waals surface area contributed by atoms with Gasteiger partial charge in [0.2, 0.25) is 0 Å². The van der Waals surface area contributed by atoms with Crippen molar-refractivity contribution < 1.29 is 0 Å². The zero-order chi connectivity index (χ0) is 24.6. The third-order valence-corrected chi connectivity index (χ3v) is 6.88. The summed E-state index contributed by atoms with van der Waals surface area (Å²) in [7, 11) is 0. The molecular formula is C33H22N4. The highest BCUT2D eigenvalue weighted by Gasteiger charge is 2.15. The second-order valence-electron chi connectivity index (χ2n) is 9.07. The molecule has 0 aliphatic rings. The van der Waals surface area contributed by atoms with Crippen molar-refractivity contribution in [3.05, 3.63) is 134 Å². The fourth-order valence-corrected chi connectivity index (χ4v) is 5.06. The van der Waals surface area contributed by atoms with Gasteiger partial charge in [0.25, 0.3) is 0 Å². The van der Waals surface area contributed by atoms with Gasteiger partial charge in [-0.3, -0.25) is 15.0 Å². The molecule has 4 aromatic heterocycles. The third kappa shape index (κ3) is 3.76. The van der Waals surface area contributed by atoms with Crippen molar-refractivity contribution in [3.8, 4) is 39.1 Å². The van der Waals surface area contributed by atoms with Gasteiger partial charge in [0.15, 0.2) is 0 Å². The van der Waals surface area contributed by atoms with Gasteiger partial charge in [-0.1, -0.05) is 42.5 Å². The topological polar surface area (TPSA) is 43.6 Å². The average Bonchev–Trinajstić information content (AvgIpc) is 3.31. The van der Waals surface area contributed by atoms with Gasteiger partial charge >= 0.3 is 0 Å². The van der Waals surface area contributed by atoms with Gasteiger partial charge in [-0.05, 0) is 76.9 Å². The molecule has 0 spiro atoms. The van der Waals surface area contributed by atoms with Crippen molar-refractivity contribution in [1.29, 1.82) is 0 Å². The predicted molar refractivity (Wildman–Crippen MR) is 150 cm³/mol. The highest BCUT2D eigenvalue weighted by molar-refractivity contribution is 6.11. The molecule has 3 aromatic carbocycles. The fraction of sp³-hybridized carbons (Fsp3) is 0. The number of pyridine rings is 3. The van der Waals surface area contributed by atoms with Crippen LogP contribution in [0.4, 0.5) is 0 Å². The van der Waals surface area contributed by atoms with E-state index in [4.69, 9.17) is 0 Å². The van der Waals surface area contributed by atoms with Crippen molar-refractivity contribution in [2.24, 2.45) is 0 Å². The van der Waals surface area contributed by atoms with Crippen molar-refractivity contribution in [2.45, 2.75) is 0 Å². The summed E-state index contributed by atoms with van der Waals surface area (Å²) >= 11 is 0. The number of hydrogen-bond donors (Lipinski definition) is 0. The molecule has 0 atom stereocenters. The molecule has 0 aliphatic carbocycles. The average molecular weight is 475 g/mol. The summed E-state index contributed by atoms with van der Waals surface area (Å²) < 4.78 is 2.34. The Kier molecular flexibility index (Phi) is 5.07. The summed E-state index contributed by atoms with van der Waals surface area (Å²) in [5.41, 5.74) is 10.2. The number of hydrogen-bond acceptors (Lipinski definition) is 3. The van der Waals surface area contributed by atoms with E-state index in [0.717, 1.165) is 39.1 Å². The predicted octanol–water partition coefficient (Wildman–Crippen LogP) is 7.97. The first kappa shape index (κ1) is 21.2. The van der Waals surface area contributed by atoms with Crippen LogP contribution in [0.2, 0.25) is 0 Å². The van der Waals surface area contributed by atoms with Gasteiger partial charge < -0.3 is 4.57 Å². The molecule has 0 bridgehead atoms. The third-order valence-electron chi connectivity index (χ3n) is 6.88. The van der Waals surface area contributed by atoms with Gasteiger partial charge in [0.05, 0.1) is 11.0 Å². The second kappa shape index (κ2) is 8.85. The van der Waals surface area contributed by atoms with Crippen molar-refractivity contribution >= 4 is 21.8 Å². The molecule has 0 fully saturated rings. The second-order valence-corrected chi connectivity index (χ2v) is 9.07. The van der Waals surface area contributed by atoms with Crippen LogP contribution in [0.3, 0.4) is 0 Å². The highest BCUT2D eigenvalue weighted by Crippen LogP contribution is 2.37. The van der Waals surface area contributed by atoms with Crippen molar-refractivity contribution in [1.82, 2.24) is 19.5 Å². The molecule has 0 N–H and O–H groups in total. The molecule has 0 saturated carbocycles. The SMILES string of the molecule is c1cncc(-c2ccc(-n3c4ccc(-c5cccnc5)cc4c4cc(-c5cccnc5)ccc43)cc2)c1. The van der Waals surface area contributed by atoms with E-state index in [-0.39, 0.29) is 0 Å². The first-order valence-electron chi connectivity index (χ1n) is 12.2. The largest absolute Gasteiger partial charge is 0.309 e. The fourth-order valence-electron chi connectivity index (χ4n) is 5.06. The van der Waals surface area contributed by atoms with Crippen LogP contribution in [0.15, 0.2) is 134 Å². The minimum Gasteiger partial charge on any atom is -0.309 e. The molecule has 0 amide bonds. The van der Waals surface area contributed by atoms with Crippen LogP contribution in [0.25, 0.3) is 60.9 Å². The molecule has 37 heavy (non-hydrogen) atoms. The van der Waals surface area contributed by atoms with E-state index in [1.165, 1.54) is 21.8 Å². The quantitative estimate of drug-likeness (QED) is 0.260.